The minimum Gasteiger partial charge on any atom is -0.493 e. The summed E-state index contributed by atoms with van der Waals surface area (Å²) in [5.41, 5.74) is 3.53. The fourth-order valence-corrected chi connectivity index (χ4v) is 2.48. The van der Waals surface area contributed by atoms with Crippen LogP contribution in [-0.4, -0.2) is 13.2 Å². The number of rotatable bonds is 8. The Bertz CT molecular complexity index is 429. The van der Waals surface area contributed by atoms with Crippen molar-refractivity contribution in [2.24, 2.45) is 0 Å². The van der Waals surface area contributed by atoms with Crippen molar-refractivity contribution in [1.82, 2.24) is 5.32 Å². The molecule has 2 nitrogen and oxygen atoms in total. The molecular weight excluding hydrogens is 302 g/mol. The van der Waals surface area contributed by atoms with Crippen molar-refractivity contribution in [2.45, 2.75) is 40.2 Å². The number of hydrogen-bond donors (Lipinski definition) is 1. The van der Waals surface area contributed by atoms with Crippen LogP contribution in [-0.2, 0) is 6.54 Å². The minimum atomic E-state index is 0.693. The van der Waals surface area contributed by atoms with Crippen LogP contribution in [0.4, 0.5) is 0 Å². The van der Waals surface area contributed by atoms with Crippen molar-refractivity contribution in [2.75, 3.05) is 13.2 Å². The number of ether oxygens (including phenoxy) is 1. The summed E-state index contributed by atoms with van der Waals surface area (Å²) in [6, 6.07) is 4.23. The van der Waals surface area contributed by atoms with E-state index in [4.69, 9.17) is 4.74 Å². The van der Waals surface area contributed by atoms with Gasteiger partial charge in [0.2, 0.25) is 0 Å². The Kier molecular flexibility index (Phi) is 7.17. The Morgan fingerprint density at radius 3 is 2.79 bits per heavy atom. The lowest BCUT2D eigenvalue weighted by Gasteiger charge is -2.15. The van der Waals surface area contributed by atoms with Gasteiger partial charge in [0.25, 0.3) is 0 Å². The topological polar surface area (TPSA) is 21.3 Å². The molecular formula is C16H24BrNO. The van der Waals surface area contributed by atoms with Crippen LogP contribution in [0.1, 0.15) is 37.8 Å². The molecule has 0 heterocycles. The van der Waals surface area contributed by atoms with E-state index < -0.39 is 0 Å². The lowest BCUT2D eigenvalue weighted by atomic mass is 10.1. The highest BCUT2D eigenvalue weighted by atomic mass is 79.9. The molecule has 1 aromatic carbocycles. The summed E-state index contributed by atoms with van der Waals surface area (Å²) in [4.78, 5) is 0. The van der Waals surface area contributed by atoms with Gasteiger partial charge < -0.3 is 10.1 Å². The van der Waals surface area contributed by atoms with Crippen LogP contribution >= 0.6 is 15.9 Å². The van der Waals surface area contributed by atoms with Crippen molar-refractivity contribution in [1.29, 1.82) is 0 Å². The highest BCUT2D eigenvalue weighted by molar-refractivity contribution is 9.10. The Morgan fingerprint density at radius 2 is 2.16 bits per heavy atom. The maximum Gasteiger partial charge on any atom is 0.126 e. The molecule has 1 aromatic rings. The zero-order chi connectivity index (χ0) is 14.3. The quantitative estimate of drug-likeness (QED) is 0.557. The molecule has 0 saturated carbocycles. The van der Waals surface area contributed by atoms with Crippen molar-refractivity contribution in [3.63, 3.8) is 0 Å². The molecule has 19 heavy (non-hydrogen) atoms. The zero-order valence-electron chi connectivity index (χ0n) is 12.2. The molecule has 106 valence electrons. The van der Waals surface area contributed by atoms with Crippen LogP contribution in [0.25, 0.3) is 0 Å². The third kappa shape index (κ3) is 5.79. The standard InChI is InChI=1S/C16H24BrNO/c1-5-7-18-11-14-10-15(17)9-13(4)16(14)19-8-6-12(2)3/h9-10,18H,2,5-8,11H2,1,3-4H3. The van der Waals surface area contributed by atoms with Gasteiger partial charge in [-0.15, -0.1) is 6.58 Å². The van der Waals surface area contributed by atoms with Gasteiger partial charge in [0.05, 0.1) is 6.61 Å². The smallest absolute Gasteiger partial charge is 0.126 e. The van der Waals surface area contributed by atoms with Gasteiger partial charge >= 0.3 is 0 Å². The number of benzene rings is 1. The van der Waals surface area contributed by atoms with Crippen LogP contribution in [0.5, 0.6) is 5.75 Å². The highest BCUT2D eigenvalue weighted by Gasteiger charge is 2.09. The van der Waals surface area contributed by atoms with Gasteiger partial charge in [-0.25, -0.2) is 0 Å². The number of aryl methyl sites for hydroxylation is 1. The molecule has 0 amide bonds. The molecule has 1 N–H and O–H groups in total. The molecule has 0 unspecified atom stereocenters. The predicted octanol–water partition coefficient (Wildman–Crippen LogP) is 4.60. The normalized spacial score (nSPS) is 10.5. The van der Waals surface area contributed by atoms with Gasteiger partial charge in [-0.1, -0.05) is 28.4 Å². The first-order chi connectivity index (χ1) is 9.04. The summed E-state index contributed by atoms with van der Waals surface area (Å²) in [5, 5.41) is 3.43. The molecule has 0 saturated heterocycles. The summed E-state index contributed by atoms with van der Waals surface area (Å²) >= 11 is 3.55. The van der Waals surface area contributed by atoms with Gasteiger partial charge in [-0.05, 0) is 44.5 Å². The average molecular weight is 326 g/mol. The fraction of sp³-hybridized carbons (Fsp3) is 0.500. The highest BCUT2D eigenvalue weighted by Crippen LogP contribution is 2.28. The van der Waals surface area contributed by atoms with E-state index in [-0.39, 0.29) is 0 Å². The van der Waals surface area contributed by atoms with Crippen LogP contribution in [0.2, 0.25) is 0 Å². The summed E-state index contributed by atoms with van der Waals surface area (Å²) in [6.07, 6.45) is 2.04. The van der Waals surface area contributed by atoms with E-state index in [9.17, 15) is 0 Å². The second-order valence-electron chi connectivity index (χ2n) is 4.94. The molecule has 3 heteroatoms. The predicted molar refractivity (Wildman–Crippen MR) is 85.8 cm³/mol. The van der Waals surface area contributed by atoms with E-state index in [0.29, 0.717) is 6.61 Å². The van der Waals surface area contributed by atoms with Gasteiger partial charge in [0.1, 0.15) is 5.75 Å². The molecule has 0 aliphatic heterocycles. The van der Waals surface area contributed by atoms with Crippen molar-refractivity contribution in [3.05, 3.63) is 39.9 Å². The summed E-state index contributed by atoms with van der Waals surface area (Å²) < 4.78 is 7.05. The van der Waals surface area contributed by atoms with Crippen LogP contribution in [0.15, 0.2) is 28.8 Å². The van der Waals surface area contributed by atoms with Gasteiger partial charge in [0, 0.05) is 23.0 Å². The molecule has 0 spiro atoms. The monoisotopic (exact) mass is 325 g/mol. The maximum atomic E-state index is 5.94. The Balaban J connectivity index is 2.77. The molecule has 0 fully saturated rings. The lowest BCUT2D eigenvalue weighted by Crippen LogP contribution is -2.15. The van der Waals surface area contributed by atoms with E-state index >= 15 is 0 Å². The first-order valence-electron chi connectivity index (χ1n) is 6.81. The van der Waals surface area contributed by atoms with Crippen molar-refractivity contribution < 1.29 is 4.74 Å². The van der Waals surface area contributed by atoms with E-state index in [1.807, 2.05) is 6.92 Å². The Morgan fingerprint density at radius 1 is 1.42 bits per heavy atom. The molecule has 0 aliphatic rings. The second-order valence-corrected chi connectivity index (χ2v) is 5.86. The second kappa shape index (κ2) is 8.39. The zero-order valence-corrected chi connectivity index (χ0v) is 13.8. The molecule has 0 bridgehead atoms. The van der Waals surface area contributed by atoms with Gasteiger partial charge in [-0.2, -0.15) is 0 Å². The molecule has 0 radical (unpaired) electrons. The summed E-state index contributed by atoms with van der Waals surface area (Å²) in [7, 11) is 0. The fourth-order valence-electron chi connectivity index (χ4n) is 1.86. The maximum absolute atomic E-state index is 5.94. The third-order valence-electron chi connectivity index (χ3n) is 2.83. The van der Waals surface area contributed by atoms with E-state index in [2.05, 4.69) is 53.8 Å². The van der Waals surface area contributed by atoms with Crippen LogP contribution < -0.4 is 10.1 Å². The Labute approximate surface area is 125 Å². The third-order valence-corrected chi connectivity index (χ3v) is 3.29. The first-order valence-corrected chi connectivity index (χ1v) is 7.60. The van der Waals surface area contributed by atoms with Gasteiger partial charge in [-0.3, -0.25) is 0 Å². The SMILES string of the molecule is C=C(C)CCOc1c(C)cc(Br)cc1CNCCC. The number of halogens is 1. The van der Waals surface area contributed by atoms with E-state index in [1.54, 1.807) is 0 Å². The molecule has 0 aliphatic carbocycles. The van der Waals surface area contributed by atoms with Crippen molar-refractivity contribution >= 4 is 15.9 Å². The summed E-state index contributed by atoms with van der Waals surface area (Å²) in [6.45, 7) is 12.8. The molecule has 0 atom stereocenters. The first kappa shape index (κ1) is 16.3. The lowest BCUT2D eigenvalue weighted by molar-refractivity contribution is 0.315. The average Bonchev–Trinajstić information content (AvgIpc) is 2.32. The summed E-state index contributed by atoms with van der Waals surface area (Å²) in [5.74, 6) is 1.01. The van der Waals surface area contributed by atoms with Crippen molar-refractivity contribution in [3.8, 4) is 5.75 Å². The van der Waals surface area contributed by atoms with Crippen LogP contribution in [0.3, 0.4) is 0 Å². The van der Waals surface area contributed by atoms with Gasteiger partial charge in [0.15, 0.2) is 0 Å². The van der Waals surface area contributed by atoms with E-state index in [0.717, 1.165) is 41.7 Å². The van der Waals surface area contributed by atoms with E-state index in [1.165, 1.54) is 11.1 Å². The molecule has 0 aromatic heterocycles. The van der Waals surface area contributed by atoms with Crippen LogP contribution in [0, 0.1) is 6.92 Å². The molecule has 1 rings (SSSR count). The largest absolute Gasteiger partial charge is 0.493 e. The number of nitrogens with one attached hydrogen (secondary N) is 1. The Hall–Kier alpha value is -0.800. The minimum absolute atomic E-state index is 0.693. The number of hydrogen-bond acceptors (Lipinski definition) is 2.